The van der Waals surface area contributed by atoms with Crippen molar-refractivity contribution in [2.75, 3.05) is 19.0 Å². The summed E-state index contributed by atoms with van der Waals surface area (Å²) in [6.07, 6.45) is 1.45. The maximum atomic E-state index is 12.3. The van der Waals surface area contributed by atoms with E-state index in [1.54, 1.807) is 23.1 Å². The van der Waals surface area contributed by atoms with Gasteiger partial charge in [-0.2, -0.15) is 0 Å². The van der Waals surface area contributed by atoms with Gasteiger partial charge >= 0.3 is 11.2 Å². The van der Waals surface area contributed by atoms with Crippen LogP contribution in [-0.2, 0) is 0 Å². The van der Waals surface area contributed by atoms with Crippen molar-refractivity contribution in [3.63, 3.8) is 0 Å². The van der Waals surface area contributed by atoms with Gasteiger partial charge in [-0.15, -0.1) is 10.2 Å². The van der Waals surface area contributed by atoms with Gasteiger partial charge in [-0.25, -0.2) is 4.98 Å². The van der Waals surface area contributed by atoms with Gasteiger partial charge < -0.3 is 4.90 Å². The van der Waals surface area contributed by atoms with E-state index < -0.39 is 16.2 Å². The van der Waals surface area contributed by atoms with E-state index in [0.717, 1.165) is 16.2 Å². The van der Waals surface area contributed by atoms with Crippen molar-refractivity contribution in [3.8, 4) is 0 Å². The fourth-order valence-electron chi connectivity index (χ4n) is 1.79. The van der Waals surface area contributed by atoms with Crippen LogP contribution in [0, 0.1) is 10.1 Å². The van der Waals surface area contributed by atoms with Crippen molar-refractivity contribution >= 4 is 39.6 Å². The first-order valence-corrected chi connectivity index (χ1v) is 7.95. The maximum absolute atomic E-state index is 12.3. The van der Waals surface area contributed by atoms with Crippen LogP contribution in [-0.4, -0.2) is 38.6 Å². The molecule has 0 saturated carbocycles. The van der Waals surface area contributed by atoms with Gasteiger partial charge in [-0.05, 0) is 23.9 Å². The summed E-state index contributed by atoms with van der Waals surface area (Å²) in [5.74, 6) is 0. The number of fused-ring (bicyclic) bond motifs is 1. The van der Waals surface area contributed by atoms with Crippen molar-refractivity contribution < 1.29 is 4.92 Å². The molecule has 0 radical (unpaired) electrons. The van der Waals surface area contributed by atoms with E-state index >= 15 is 0 Å². The Morgan fingerprint density at radius 1 is 1.35 bits per heavy atom. The van der Waals surface area contributed by atoms with Gasteiger partial charge in [-0.3, -0.25) is 19.3 Å². The molecule has 0 fully saturated rings. The highest BCUT2D eigenvalue weighted by atomic mass is 32.2. The summed E-state index contributed by atoms with van der Waals surface area (Å²) in [6.45, 7) is 0. The van der Waals surface area contributed by atoms with Crippen molar-refractivity contribution in [3.05, 3.63) is 44.9 Å². The average molecular weight is 350 g/mol. The molecule has 0 aliphatic carbocycles. The van der Waals surface area contributed by atoms with Crippen LogP contribution in [0.2, 0.25) is 0 Å². The normalized spacial score (nSPS) is 10.9. The van der Waals surface area contributed by atoms with E-state index in [1.165, 1.54) is 17.5 Å². The molecule has 3 rings (SSSR count). The van der Waals surface area contributed by atoms with Crippen molar-refractivity contribution in [2.24, 2.45) is 0 Å². The molecule has 0 unspecified atom stereocenters. The lowest BCUT2D eigenvalue weighted by atomic mass is 10.4. The van der Waals surface area contributed by atoms with E-state index in [1.807, 2.05) is 14.1 Å². The lowest BCUT2D eigenvalue weighted by Crippen LogP contribution is -2.19. The minimum atomic E-state index is -0.722. The Morgan fingerprint density at radius 3 is 2.78 bits per heavy atom. The number of hydrogen-bond acceptors (Lipinski definition) is 9. The summed E-state index contributed by atoms with van der Waals surface area (Å²) in [5.41, 5.74) is -0.955. The molecule has 3 aromatic rings. The number of anilines is 1. The minimum Gasteiger partial charge on any atom is -0.353 e. The fourth-order valence-corrected chi connectivity index (χ4v) is 3.57. The predicted octanol–water partition coefficient (Wildman–Crippen LogP) is 1.67. The lowest BCUT2D eigenvalue weighted by molar-refractivity contribution is -0.389. The molecule has 0 aliphatic rings. The molecule has 0 amide bonds. The van der Waals surface area contributed by atoms with Crippen molar-refractivity contribution in [1.82, 2.24) is 19.6 Å². The molecular weight excluding hydrogens is 340 g/mol. The number of nitrogens with zero attached hydrogens (tertiary/aromatic N) is 6. The molecule has 0 aromatic carbocycles. The zero-order valence-corrected chi connectivity index (χ0v) is 13.7. The van der Waals surface area contributed by atoms with Gasteiger partial charge in [0, 0.05) is 20.3 Å². The van der Waals surface area contributed by atoms with Gasteiger partial charge in [0.2, 0.25) is 5.13 Å². The lowest BCUT2D eigenvalue weighted by Gasteiger charge is -2.04. The van der Waals surface area contributed by atoms with E-state index in [9.17, 15) is 14.9 Å². The zero-order chi connectivity index (χ0) is 16.6. The van der Waals surface area contributed by atoms with Gasteiger partial charge in [0.1, 0.15) is 5.65 Å². The fraction of sp³-hybridized carbons (Fsp3) is 0.167. The SMILES string of the molecule is CN(C)c1nnc(Sc2nc3ccccn3c(=O)c2[N+](=O)[O-])s1. The Kier molecular flexibility index (Phi) is 3.96. The molecule has 0 spiro atoms. The predicted molar refractivity (Wildman–Crippen MR) is 86.5 cm³/mol. The quantitative estimate of drug-likeness (QED) is 0.397. The molecule has 3 aromatic heterocycles. The molecule has 3 heterocycles. The molecule has 0 atom stereocenters. The third kappa shape index (κ3) is 2.87. The summed E-state index contributed by atoms with van der Waals surface area (Å²) in [5, 5.41) is 19.9. The third-order valence-corrected chi connectivity index (χ3v) is 4.94. The Bertz CT molecular complexity index is 951. The number of pyridine rings is 1. The van der Waals surface area contributed by atoms with E-state index in [-0.39, 0.29) is 5.03 Å². The third-order valence-electron chi connectivity index (χ3n) is 2.82. The highest BCUT2D eigenvalue weighted by Crippen LogP contribution is 2.35. The summed E-state index contributed by atoms with van der Waals surface area (Å²) < 4.78 is 1.62. The molecule has 0 aliphatic heterocycles. The first-order chi connectivity index (χ1) is 11.0. The molecule has 11 heteroatoms. The Hall–Kier alpha value is -2.53. The van der Waals surface area contributed by atoms with E-state index in [0.29, 0.717) is 15.1 Å². The first kappa shape index (κ1) is 15.4. The van der Waals surface area contributed by atoms with Crippen LogP contribution in [0.5, 0.6) is 0 Å². The number of hydrogen-bond donors (Lipinski definition) is 0. The topological polar surface area (TPSA) is 107 Å². The van der Waals surface area contributed by atoms with Crippen molar-refractivity contribution in [2.45, 2.75) is 9.37 Å². The minimum absolute atomic E-state index is 0.00709. The molecule has 0 bridgehead atoms. The van der Waals surface area contributed by atoms with E-state index in [4.69, 9.17) is 0 Å². The van der Waals surface area contributed by atoms with Crippen LogP contribution in [0.15, 0.2) is 38.6 Å². The van der Waals surface area contributed by atoms with Gasteiger partial charge in [0.15, 0.2) is 9.37 Å². The van der Waals surface area contributed by atoms with Crippen LogP contribution in [0.4, 0.5) is 10.8 Å². The van der Waals surface area contributed by atoms with Crippen LogP contribution >= 0.6 is 23.1 Å². The monoisotopic (exact) mass is 350 g/mol. The molecule has 118 valence electrons. The Morgan fingerprint density at radius 2 is 2.13 bits per heavy atom. The van der Waals surface area contributed by atoms with Crippen molar-refractivity contribution in [1.29, 1.82) is 0 Å². The Balaban J connectivity index is 2.13. The summed E-state index contributed by atoms with van der Waals surface area (Å²) in [6, 6.07) is 4.93. The first-order valence-electron chi connectivity index (χ1n) is 6.32. The van der Waals surface area contributed by atoms with E-state index in [2.05, 4.69) is 15.2 Å². The van der Waals surface area contributed by atoms with Gasteiger partial charge in [0.05, 0.1) is 4.92 Å². The number of nitro groups is 1. The smallest absolute Gasteiger partial charge is 0.353 e. The summed E-state index contributed by atoms with van der Waals surface area (Å²) in [7, 11) is 3.64. The van der Waals surface area contributed by atoms with Crippen LogP contribution in [0.1, 0.15) is 0 Å². The molecular formula is C12H10N6O3S2. The maximum Gasteiger partial charge on any atom is 0.366 e. The van der Waals surface area contributed by atoms with Gasteiger partial charge in [-0.1, -0.05) is 17.4 Å². The largest absolute Gasteiger partial charge is 0.366 e. The molecule has 0 N–H and O–H groups in total. The second kappa shape index (κ2) is 5.93. The van der Waals surface area contributed by atoms with Crippen LogP contribution in [0.25, 0.3) is 5.65 Å². The van der Waals surface area contributed by atoms with Gasteiger partial charge in [0.25, 0.3) is 0 Å². The number of rotatable bonds is 4. The second-order valence-corrected chi connectivity index (χ2v) is 6.80. The molecule has 23 heavy (non-hydrogen) atoms. The number of aromatic nitrogens is 4. The highest BCUT2D eigenvalue weighted by Gasteiger charge is 2.25. The van der Waals surface area contributed by atoms with Crippen LogP contribution in [0.3, 0.4) is 0 Å². The Labute approximate surface area is 137 Å². The average Bonchev–Trinajstić information content (AvgIpc) is 2.96. The van der Waals surface area contributed by atoms with Crippen LogP contribution < -0.4 is 10.5 Å². The highest BCUT2D eigenvalue weighted by molar-refractivity contribution is 8.01. The standard InChI is InChI=1S/C12H10N6O3S2/c1-16(2)11-14-15-12(23-11)22-9-8(18(20)21)10(19)17-6-4-3-5-7(17)13-9/h3-6H,1-2H3. The molecule has 9 nitrogen and oxygen atoms in total. The zero-order valence-electron chi connectivity index (χ0n) is 12.0. The summed E-state index contributed by atoms with van der Waals surface area (Å²) in [4.78, 5) is 28.9. The summed E-state index contributed by atoms with van der Waals surface area (Å²) >= 11 is 2.22. The molecule has 0 saturated heterocycles. The second-order valence-electron chi connectivity index (χ2n) is 4.60.